The van der Waals surface area contributed by atoms with E-state index in [9.17, 15) is 0 Å². The zero-order valence-corrected chi connectivity index (χ0v) is 8.51. The number of thiol groups is 1. The number of nitrogens with zero attached hydrogens (tertiary/aromatic N) is 1. The topological polar surface area (TPSA) is 3.24 Å². The first-order chi connectivity index (χ1) is 4.58. The highest BCUT2D eigenvalue weighted by Crippen LogP contribution is 2.34. The summed E-state index contributed by atoms with van der Waals surface area (Å²) in [5.41, 5.74) is 0.373. The van der Waals surface area contributed by atoms with Gasteiger partial charge in [0.1, 0.15) is 0 Å². The third kappa shape index (κ3) is 1.46. The normalized spacial score (nSPS) is 33.0. The molecule has 0 N–H and O–H groups in total. The molecule has 0 bridgehead atoms. The van der Waals surface area contributed by atoms with Crippen molar-refractivity contribution in [1.29, 1.82) is 0 Å². The maximum absolute atomic E-state index is 4.29. The van der Waals surface area contributed by atoms with Crippen molar-refractivity contribution in [3.8, 4) is 0 Å². The molecule has 0 aliphatic carbocycles. The first-order valence-corrected chi connectivity index (χ1v) is 5.21. The molecule has 0 amide bonds. The van der Waals surface area contributed by atoms with Crippen LogP contribution in [0.1, 0.15) is 13.8 Å². The molecule has 0 spiro atoms. The molecular weight excluding hydrogens is 162 g/mol. The molecule has 1 saturated heterocycles. The molecule has 1 atom stereocenters. The summed E-state index contributed by atoms with van der Waals surface area (Å²) in [6.45, 7) is 4.56. The first kappa shape index (κ1) is 8.75. The summed E-state index contributed by atoms with van der Waals surface area (Å²) < 4.78 is 0. The molecule has 0 saturated carbocycles. The van der Waals surface area contributed by atoms with Crippen LogP contribution < -0.4 is 0 Å². The first-order valence-electron chi connectivity index (χ1n) is 3.53. The second-order valence-electron chi connectivity index (χ2n) is 3.37. The molecule has 1 heterocycles. The standard InChI is InChI=1S/C7H15NS2/c1-7(2)5-10-6(4-9)8(7)3/h6,9H,4-5H2,1-3H3. The zero-order chi connectivity index (χ0) is 7.78. The Morgan fingerprint density at radius 1 is 1.70 bits per heavy atom. The van der Waals surface area contributed by atoms with E-state index in [1.807, 2.05) is 11.8 Å². The molecule has 0 radical (unpaired) electrons. The monoisotopic (exact) mass is 177 g/mol. The predicted molar refractivity (Wildman–Crippen MR) is 51.9 cm³/mol. The fourth-order valence-electron chi connectivity index (χ4n) is 1.08. The average Bonchev–Trinajstić information content (AvgIpc) is 2.10. The van der Waals surface area contributed by atoms with Gasteiger partial charge in [0.25, 0.3) is 0 Å². The highest BCUT2D eigenvalue weighted by molar-refractivity contribution is 8.00. The largest absolute Gasteiger partial charge is 0.288 e. The van der Waals surface area contributed by atoms with Crippen LogP contribution in [-0.2, 0) is 0 Å². The van der Waals surface area contributed by atoms with E-state index in [4.69, 9.17) is 0 Å². The molecule has 0 aromatic rings. The molecule has 1 fully saturated rings. The van der Waals surface area contributed by atoms with E-state index < -0.39 is 0 Å². The van der Waals surface area contributed by atoms with Crippen LogP contribution in [0.4, 0.5) is 0 Å². The smallest absolute Gasteiger partial charge is 0.0649 e. The van der Waals surface area contributed by atoms with E-state index in [-0.39, 0.29) is 0 Å². The van der Waals surface area contributed by atoms with Gasteiger partial charge in [-0.05, 0) is 20.9 Å². The summed E-state index contributed by atoms with van der Waals surface area (Å²) in [6, 6.07) is 0. The fraction of sp³-hybridized carbons (Fsp3) is 1.00. The maximum atomic E-state index is 4.29. The molecule has 3 heteroatoms. The molecule has 1 aliphatic heterocycles. The van der Waals surface area contributed by atoms with Gasteiger partial charge in [-0.1, -0.05) is 0 Å². The van der Waals surface area contributed by atoms with E-state index in [1.54, 1.807) is 0 Å². The SMILES string of the molecule is CN1C(CS)SCC1(C)C. The van der Waals surface area contributed by atoms with Gasteiger partial charge in [-0.2, -0.15) is 12.6 Å². The number of thioether (sulfide) groups is 1. The van der Waals surface area contributed by atoms with Crippen LogP contribution >= 0.6 is 24.4 Å². The van der Waals surface area contributed by atoms with Gasteiger partial charge in [-0.25, -0.2) is 0 Å². The van der Waals surface area contributed by atoms with E-state index in [0.29, 0.717) is 10.9 Å². The molecule has 0 aromatic heterocycles. The Hall–Kier alpha value is 0.660. The van der Waals surface area contributed by atoms with Gasteiger partial charge >= 0.3 is 0 Å². The minimum absolute atomic E-state index is 0.373. The van der Waals surface area contributed by atoms with Crippen molar-refractivity contribution in [2.75, 3.05) is 18.6 Å². The van der Waals surface area contributed by atoms with E-state index in [1.165, 1.54) is 5.75 Å². The highest BCUT2D eigenvalue weighted by atomic mass is 32.2. The summed E-state index contributed by atoms with van der Waals surface area (Å²) in [4.78, 5) is 2.41. The van der Waals surface area contributed by atoms with Crippen molar-refractivity contribution in [2.45, 2.75) is 24.8 Å². The summed E-state index contributed by atoms with van der Waals surface area (Å²) in [7, 11) is 2.18. The minimum Gasteiger partial charge on any atom is -0.288 e. The number of hydrogen-bond donors (Lipinski definition) is 1. The van der Waals surface area contributed by atoms with Gasteiger partial charge in [-0.15, -0.1) is 11.8 Å². The Balaban J connectivity index is 2.58. The zero-order valence-electron chi connectivity index (χ0n) is 6.79. The fourth-order valence-corrected chi connectivity index (χ4v) is 3.06. The van der Waals surface area contributed by atoms with Crippen LogP contribution in [-0.4, -0.2) is 34.4 Å². The van der Waals surface area contributed by atoms with Crippen molar-refractivity contribution in [3.05, 3.63) is 0 Å². The van der Waals surface area contributed by atoms with Gasteiger partial charge < -0.3 is 0 Å². The third-order valence-corrected chi connectivity index (χ3v) is 4.51. The van der Waals surface area contributed by atoms with Crippen LogP contribution in [0.25, 0.3) is 0 Å². The molecule has 60 valence electrons. The second-order valence-corrected chi connectivity index (χ2v) is 4.90. The van der Waals surface area contributed by atoms with Crippen LogP contribution in [0.5, 0.6) is 0 Å². The van der Waals surface area contributed by atoms with E-state index in [0.717, 1.165) is 5.75 Å². The predicted octanol–water partition coefficient (Wildman–Crippen LogP) is 1.70. The molecule has 0 aromatic carbocycles. The molecule has 1 aliphatic rings. The lowest BCUT2D eigenvalue weighted by Crippen LogP contribution is -2.41. The molecule has 1 unspecified atom stereocenters. The van der Waals surface area contributed by atoms with Gasteiger partial charge in [-0.3, -0.25) is 4.90 Å². The van der Waals surface area contributed by atoms with Crippen molar-refractivity contribution >= 4 is 24.4 Å². The number of rotatable bonds is 1. The van der Waals surface area contributed by atoms with Crippen LogP contribution in [0, 0.1) is 0 Å². The molecular formula is C7H15NS2. The molecule has 1 nitrogen and oxygen atoms in total. The Bertz CT molecular complexity index is 125. The van der Waals surface area contributed by atoms with Gasteiger partial charge in [0, 0.05) is 17.0 Å². The second kappa shape index (κ2) is 2.95. The quantitative estimate of drug-likeness (QED) is 0.607. The molecule has 10 heavy (non-hydrogen) atoms. The van der Waals surface area contributed by atoms with E-state index in [2.05, 4.69) is 38.4 Å². The third-order valence-electron chi connectivity index (χ3n) is 2.17. The van der Waals surface area contributed by atoms with Crippen molar-refractivity contribution in [2.24, 2.45) is 0 Å². The summed E-state index contributed by atoms with van der Waals surface area (Å²) in [5.74, 6) is 2.19. The Labute approximate surface area is 73.0 Å². The lowest BCUT2D eigenvalue weighted by molar-refractivity contribution is 0.194. The van der Waals surface area contributed by atoms with Crippen LogP contribution in [0.3, 0.4) is 0 Å². The van der Waals surface area contributed by atoms with Crippen molar-refractivity contribution in [1.82, 2.24) is 4.90 Å². The van der Waals surface area contributed by atoms with Crippen LogP contribution in [0.2, 0.25) is 0 Å². The average molecular weight is 177 g/mol. The van der Waals surface area contributed by atoms with E-state index >= 15 is 0 Å². The number of hydrogen-bond acceptors (Lipinski definition) is 3. The Kier molecular flexibility index (Phi) is 2.59. The Morgan fingerprint density at radius 3 is 2.50 bits per heavy atom. The summed E-state index contributed by atoms with van der Waals surface area (Å²) in [6.07, 6.45) is 0. The van der Waals surface area contributed by atoms with Crippen molar-refractivity contribution < 1.29 is 0 Å². The van der Waals surface area contributed by atoms with Gasteiger partial charge in [0.15, 0.2) is 0 Å². The van der Waals surface area contributed by atoms with Gasteiger partial charge in [0.05, 0.1) is 5.37 Å². The highest BCUT2D eigenvalue weighted by Gasteiger charge is 2.35. The van der Waals surface area contributed by atoms with Crippen molar-refractivity contribution in [3.63, 3.8) is 0 Å². The summed E-state index contributed by atoms with van der Waals surface area (Å²) in [5, 5.41) is 0.623. The minimum atomic E-state index is 0.373. The Morgan fingerprint density at radius 2 is 2.30 bits per heavy atom. The van der Waals surface area contributed by atoms with Gasteiger partial charge in [0.2, 0.25) is 0 Å². The lowest BCUT2D eigenvalue weighted by atomic mass is 10.1. The summed E-state index contributed by atoms with van der Waals surface area (Å²) >= 11 is 6.30. The van der Waals surface area contributed by atoms with Crippen LogP contribution in [0.15, 0.2) is 0 Å². The molecule has 1 rings (SSSR count). The maximum Gasteiger partial charge on any atom is 0.0649 e. The lowest BCUT2D eigenvalue weighted by Gasteiger charge is -2.29.